The number of carbonyl (C=O) groups is 1. The average molecular weight is 304 g/mol. The van der Waals surface area contributed by atoms with E-state index < -0.39 is 0 Å². The third kappa shape index (κ3) is 3.65. The Bertz CT molecular complexity index is 552. The maximum absolute atomic E-state index is 11.3. The fourth-order valence-corrected chi connectivity index (χ4v) is 3.00. The Morgan fingerprint density at radius 3 is 2.68 bits per heavy atom. The molecule has 0 saturated carbocycles. The van der Waals surface area contributed by atoms with Crippen molar-refractivity contribution in [3.63, 3.8) is 0 Å². The summed E-state index contributed by atoms with van der Waals surface area (Å²) in [6.45, 7) is 9.03. The Morgan fingerprint density at radius 2 is 2.14 bits per heavy atom. The third-order valence-electron chi connectivity index (χ3n) is 4.03. The third-order valence-corrected chi connectivity index (χ3v) is 4.03. The normalized spacial score (nSPS) is 20.0. The number of methoxy groups -OCH3 is 1. The minimum absolute atomic E-state index is 0.115. The number of hydrogen-bond donors (Lipinski definition) is 1. The second-order valence-electron chi connectivity index (χ2n) is 5.50. The van der Waals surface area contributed by atoms with Gasteiger partial charge in [0.15, 0.2) is 0 Å². The van der Waals surface area contributed by atoms with E-state index in [4.69, 9.17) is 9.47 Å². The van der Waals surface area contributed by atoms with Crippen molar-refractivity contribution in [2.24, 2.45) is 10.9 Å². The Balaban J connectivity index is 2.28. The van der Waals surface area contributed by atoms with Gasteiger partial charge in [-0.25, -0.2) is 4.99 Å². The van der Waals surface area contributed by atoms with Gasteiger partial charge in [0, 0.05) is 26.6 Å². The number of hydrogen-bond acceptors (Lipinski definition) is 4. The van der Waals surface area contributed by atoms with Gasteiger partial charge in [0.1, 0.15) is 17.3 Å². The largest absolute Gasteiger partial charge is 0.495 e. The summed E-state index contributed by atoms with van der Waals surface area (Å²) in [4.78, 5) is 15.8. The van der Waals surface area contributed by atoms with Gasteiger partial charge in [0.25, 0.3) is 0 Å². The van der Waals surface area contributed by atoms with E-state index in [2.05, 4.69) is 23.0 Å². The first-order valence-electron chi connectivity index (χ1n) is 7.62. The molecule has 0 aromatic heterocycles. The summed E-state index contributed by atoms with van der Waals surface area (Å²) in [5, 5.41) is 2.78. The molecule has 120 valence electrons. The lowest BCUT2D eigenvalue weighted by Crippen LogP contribution is -2.27. The molecule has 0 spiro atoms. The van der Waals surface area contributed by atoms with Crippen LogP contribution in [0.1, 0.15) is 33.1 Å². The number of amidine groups is 1. The SMILES string of the molecule is C=C(OC)C1=C(/C(=C\C)C2CCOCC2)CC(NC(C)=O)=N1. The highest BCUT2D eigenvalue weighted by Gasteiger charge is 2.28. The zero-order valence-electron chi connectivity index (χ0n) is 13.6. The molecule has 2 heterocycles. The van der Waals surface area contributed by atoms with Gasteiger partial charge >= 0.3 is 0 Å². The highest BCUT2D eigenvalue weighted by molar-refractivity contribution is 6.01. The van der Waals surface area contributed by atoms with Crippen molar-refractivity contribution in [1.82, 2.24) is 5.32 Å². The Kier molecular flexibility index (Phi) is 5.55. The lowest BCUT2D eigenvalue weighted by molar-refractivity contribution is -0.117. The molecule has 0 aliphatic carbocycles. The van der Waals surface area contributed by atoms with E-state index in [9.17, 15) is 4.79 Å². The van der Waals surface area contributed by atoms with Crippen molar-refractivity contribution in [3.8, 4) is 0 Å². The fraction of sp³-hybridized carbons (Fsp3) is 0.529. The van der Waals surface area contributed by atoms with E-state index in [0.717, 1.165) is 37.3 Å². The van der Waals surface area contributed by atoms with Crippen LogP contribution in [0.3, 0.4) is 0 Å². The van der Waals surface area contributed by atoms with Gasteiger partial charge in [0.2, 0.25) is 5.91 Å². The van der Waals surface area contributed by atoms with E-state index in [1.807, 2.05) is 6.92 Å². The first kappa shape index (κ1) is 16.5. The molecule has 2 rings (SSSR count). The summed E-state index contributed by atoms with van der Waals surface area (Å²) in [5.41, 5.74) is 3.11. The Morgan fingerprint density at radius 1 is 1.45 bits per heavy atom. The smallest absolute Gasteiger partial charge is 0.222 e. The van der Waals surface area contributed by atoms with Gasteiger partial charge in [-0.15, -0.1) is 0 Å². The van der Waals surface area contributed by atoms with Crippen LogP contribution in [0.15, 0.2) is 40.2 Å². The van der Waals surface area contributed by atoms with E-state index in [0.29, 0.717) is 23.9 Å². The van der Waals surface area contributed by atoms with Gasteiger partial charge in [-0.2, -0.15) is 0 Å². The Labute approximate surface area is 131 Å². The molecule has 0 radical (unpaired) electrons. The maximum Gasteiger partial charge on any atom is 0.222 e. The number of carbonyl (C=O) groups excluding carboxylic acids is 1. The average Bonchev–Trinajstić information content (AvgIpc) is 2.91. The second-order valence-corrected chi connectivity index (χ2v) is 5.50. The van der Waals surface area contributed by atoms with Gasteiger partial charge in [-0.1, -0.05) is 12.7 Å². The van der Waals surface area contributed by atoms with Crippen LogP contribution in [0.4, 0.5) is 0 Å². The molecule has 0 bridgehead atoms. The predicted molar refractivity (Wildman–Crippen MR) is 86.3 cm³/mol. The molecule has 1 saturated heterocycles. The minimum Gasteiger partial charge on any atom is -0.495 e. The molecule has 0 aromatic rings. The summed E-state index contributed by atoms with van der Waals surface area (Å²) < 4.78 is 10.7. The van der Waals surface area contributed by atoms with Crippen LogP contribution in [0.25, 0.3) is 0 Å². The highest BCUT2D eigenvalue weighted by Crippen LogP contribution is 2.37. The second kappa shape index (κ2) is 7.40. The highest BCUT2D eigenvalue weighted by atomic mass is 16.5. The van der Waals surface area contributed by atoms with Gasteiger partial charge < -0.3 is 14.8 Å². The minimum atomic E-state index is -0.115. The van der Waals surface area contributed by atoms with Crippen molar-refractivity contribution in [3.05, 3.63) is 35.3 Å². The van der Waals surface area contributed by atoms with E-state index in [1.165, 1.54) is 12.5 Å². The zero-order valence-corrected chi connectivity index (χ0v) is 13.6. The molecular weight excluding hydrogens is 280 g/mol. The van der Waals surface area contributed by atoms with E-state index in [1.54, 1.807) is 7.11 Å². The molecule has 0 aromatic carbocycles. The summed E-state index contributed by atoms with van der Waals surface area (Å²) >= 11 is 0. The summed E-state index contributed by atoms with van der Waals surface area (Å²) in [6, 6.07) is 0. The fourth-order valence-electron chi connectivity index (χ4n) is 3.00. The number of amides is 1. The number of nitrogens with zero attached hydrogens (tertiary/aromatic N) is 1. The molecule has 0 unspecified atom stereocenters. The van der Waals surface area contributed by atoms with Gasteiger partial charge in [-0.05, 0) is 36.8 Å². The van der Waals surface area contributed by atoms with Crippen molar-refractivity contribution in [1.29, 1.82) is 0 Å². The van der Waals surface area contributed by atoms with Crippen molar-refractivity contribution >= 4 is 11.7 Å². The topological polar surface area (TPSA) is 59.9 Å². The first-order valence-corrected chi connectivity index (χ1v) is 7.62. The molecule has 5 heteroatoms. The number of ether oxygens (including phenoxy) is 2. The summed E-state index contributed by atoms with van der Waals surface area (Å²) in [5.74, 6) is 1.53. The van der Waals surface area contributed by atoms with Crippen molar-refractivity contribution in [2.45, 2.75) is 33.1 Å². The number of nitrogens with one attached hydrogen (secondary N) is 1. The number of rotatable bonds is 4. The van der Waals surface area contributed by atoms with Crippen molar-refractivity contribution in [2.75, 3.05) is 20.3 Å². The monoisotopic (exact) mass is 304 g/mol. The van der Waals surface area contributed by atoms with Crippen LogP contribution < -0.4 is 5.32 Å². The Hall–Kier alpha value is -1.88. The maximum atomic E-state index is 11.3. The molecule has 1 amide bonds. The van der Waals surface area contributed by atoms with Crippen molar-refractivity contribution < 1.29 is 14.3 Å². The standard InChI is InChI=1S/C17H24N2O3/c1-5-14(13-6-8-22-9-7-13)15-10-16(18-12(3)20)19-17(15)11(2)21-4/h5,13H,2,6-10H2,1,3-4H3,(H,18,19,20)/b14-5-. The molecule has 1 N–H and O–H groups in total. The lowest BCUT2D eigenvalue weighted by Gasteiger charge is -2.26. The molecule has 2 aliphatic heterocycles. The lowest BCUT2D eigenvalue weighted by atomic mass is 9.84. The number of allylic oxidation sites excluding steroid dienone is 2. The van der Waals surface area contributed by atoms with Crippen LogP contribution in [0, 0.1) is 5.92 Å². The predicted octanol–water partition coefficient (Wildman–Crippen LogP) is 2.71. The molecule has 22 heavy (non-hydrogen) atoms. The first-order chi connectivity index (χ1) is 10.6. The summed E-state index contributed by atoms with van der Waals surface area (Å²) in [6.07, 6.45) is 4.76. The van der Waals surface area contributed by atoms with E-state index >= 15 is 0 Å². The molecule has 5 nitrogen and oxygen atoms in total. The van der Waals surface area contributed by atoms with E-state index in [-0.39, 0.29) is 5.91 Å². The molecule has 0 atom stereocenters. The van der Waals surface area contributed by atoms with Crippen LogP contribution in [-0.4, -0.2) is 32.1 Å². The molecule has 2 aliphatic rings. The number of aliphatic imine (C=N–C) groups is 1. The van der Waals surface area contributed by atoms with Crippen LogP contribution in [-0.2, 0) is 14.3 Å². The summed E-state index contributed by atoms with van der Waals surface area (Å²) in [7, 11) is 1.59. The zero-order chi connectivity index (χ0) is 16.1. The van der Waals surface area contributed by atoms with Gasteiger partial charge in [0.05, 0.1) is 7.11 Å². The molecular formula is C17H24N2O3. The van der Waals surface area contributed by atoms with Crippen LogP contribution >= 0.6 is 0 Å². The van der Waals surface area contributed by atoms with Crippen LogP contribution in [0.5, 0.6) is 0 Å². The van der Waals surface area contributed by atoms with Crippen LogP contribution in [0.2, 0.25) is 0 Å². The molecule has 1 fully saturated rings. The van der Waals surface area contributed by atoms with Gasteiger partial charge in [-0.3, -0.25) is 4.79 Å². The quantitative estimate of drug-likeness (QED) is 0.812.